The fraction of sp³-hybridized carbons (Fsp3) is 0.211. The first-order valence-electron chi connectivity index (χ1n) is 8.02. The predicted octanol–water partition coefficient (Wildman–Crippen LogP) is 3.21. The third-order valence-electron chi connectivity index (χ3n) is 4.02. The lowest BCUT2D eigenvalue weighted by molar-refractivity contribution is 0.0347. The van der Waals surface area contributed by atoms with Gasteiger partial charge < -0.3 is 13.9 Å². The quantitative estimate of drug-likeness (QED) is 0.681. The van der Waals surface area contributed by atoms with E-state index in [9.17, 15) is 4.79 Å². The Kier molecular flexibility index (Phi) is 3.93. The molecular weight excluding hydrogens is 320 g/mol. The number of esters is 1. The Morgan fingerprint density at radius 3 is 2.76 bits per heavy atom. The summed E-state index contributed by atoms with van der Waals surface area (Å²) in [6, 6.07) is 14.9. The van der Waals surface area contributed by atoms with E-state index in [4.69, 9.17) is 13.9 Å². The van der Waals surface area contributed by atoms with Crippen LogP contribution in [0.3, 0.4) is 0 Å². The molecule has 0 spiro atoms. The Morgan fingerprint density at radius 2 is 1.96 bits per heavy atom. The van der Waals surface area contributed by atoms with Crippen LogP contribution in [0.25, 0.3) is 11.5 Å². The third-order valence-corrected chi connectivity index (χ3v) is 4.02. The number of para-hydroxylation sites is 1. The lowest BCUT2D eigenvalue weighted by Crippen LogP contribution is -2.23. The summed E-state index contributed by atoms with van der Waals surface area (Å²) in [4.78, 5) is 12.5. The van der Waals surface area contributed by atoms with Crippen molar-refractivity contribution in [1.82, 2.24) is 10.2 Å². The zero-order chi connectivity index (χ0) is 17.2. The first kappa shape index (κ1) is 15.4. The molecule has 0 fully saturated rings. The number of nitrogens with zero attached hydrogens (tertiary/aromatic N) is 2. The van der Waals surface area contributed by atoms with Gasteiger partial charge in [-0.2, -0.15) is 0 Å². The molecule has 0 saturated heterocycles. The van der Waals surface area contributed by atoms with Gasteiger partial charge in [0.1, 0.15) is 18.5 Å². The van der Waals surface area contributed by atoms with Crippen LogP contribution in [0.5, 0.6) is 5.75 Å². The normalized spacial score (nSPS) is 15.5. The summed E-state index contributed by atoms with van der Waals surface area (Å²) in [6.45, 7) is 1.89. The van der Waals surface area contributed by atoms with E-state index >= 15 is 0 Å². The van der Waals surface area contributed by atoms with Crippen LogP contribution in [0.4, 0.5) is 0 Å². The van der Waals surface area contributed by atoms with Crippen LogP contribution in [0.2, 0.25) is 0 Å². The van der Waals surface area contributed by atoms with Crippen LogP contribution in [0.15, 0.2) is 52.9 Å². The Bertz CT molecular complexity index is 894. The number of ether oxygens (including phenoxy) is 2. The highest BCUT2D eigenvalue weighted by Gasteiger charge is 2.25. The number of aryl methyl sites for hydroxylation is 1. The molecule has 25 heavy (non-hydrogen) atoms. The topological polar surface area (TPSA) is 74.5 Å². The van der Waals surface area contributed by atoms with Gasteiger partial charge in [-0.15, -0.1) is 10.2 Å². The number of carbonyl (C=O) groups is 1. The molecule has 0 bridgehead atoms. The summed E-state index contributed by atoms with van der Waals surface area (Å²) >= 11 is 0. The SMILES string of the molecule is Cc1nnc(-c2ccccc2C(=O)OC[C@H]2Cc3ccccc3O2)o1. The molecule has 126 valence electrons. The zero-order valence-corrected chi connectivity index (χ0v) is 13.6. The van der Waals surface area contributed by atoms with E-state index in [1.54, 1.807) is 25.1 Å². The highest BCUT2D eigenvalue weighted by Crippen LogP contribution is 2.28. The van der Waals surface area contributed by atoms with E-state index in [-0.39, 0.29) is 12.7 Å². The van der Waals surface area contributed by atoms with Crippen LogP contribution in [0, 0.1) is 6.92 Å². The fourth-order valence-corrected chi connectivity index (χ4v) is 2.85. The molecule has 1 atom stereocenters. The molecule has 4 rings (SSSR count). The van der Waals surface area contributed by atoms with Crippen LogP contribution < -0.4 is 4.74 Å². The molecule has 2 heterocycles. The largest absolute Gasteiger partial charge is 0.486 e. The van der Waals surface area contributed by atoms with Crippen molar-refractivity contribution < 1.29 is 18.7 Å². The van der Waals surface area contributed by atoms with E-state index in [1.165, 1.54) is 0 Å². The van der Waals surface area contributed by atoms with Crippen molar-refractivity contribution in [3.63, 3.8) is 0 Å². The number of aromatic nitrogens is 2. The highest BCUT2D eigenvalue weighted by atomic mass is 16.6. The average molecular weight is 336 g/mol. The van der Waals surface area contributed by atoms with E-state index in [1.807, 2.05) is 30.3 Å². The molecule has 0 saturated carbocycles. The van der Waals surface area contributed by atoms with Gasteiger partial charge in [-0.25, -0.2) is 4.79 Å². The van der Waals surface area contributed by atoms with Gasteiger partial charge in [0.05, 0.1) is 11.1 Å². The number of hydrogen-bond donors (Lipinski definition) is 0. The van der Waals surface area contributed by atoms with Gasteiger partial charge in [-0.3, -0.25) is 0 Å². The van der Waals surface area contributed by atoms with Crippen LogP contribution in [0.1, 0.15) is 21.8 Å². The molecule has 2 aromatic carbocycles. The summed E-state index contributed by atoms with van der Waals surface area (Å²) in [5.74, 6) is 1.15. The number of fused-ring (bicyclic) bond motifs is 1. The van der Waals surface area contributed by atoms with E-state index in [2.05, 4.69) is 10.2 Å². The number of carbonyl (C=O) groups excluding carboxylic acids is 1. The monoisotopic (exact) mass is 336 g/mol. The van der Waals surface area contributed by atoms with Gasteiger partial charge in [-0.05, 0) is 23.8 Å². The molecular formula is C19H16N2O4. The van der Waals surface area contributed by atoms with Gasteiger partial charge in [0.25, 0.3) is 0 Å². The summed E-state index contributed by atoms with van der Waals surface area (Å²) in [5, 5.41) is 7.78. The Balaban J connectivity index is 1.46. The number of rotatable bonds is 4. The molecule has 0 N–H and O–H groups in total. The second-order valence-electron chi connectivity index (χ2n) is 5.82. The maximum absolute atomic E-state index is 12.5. The molecule has 0 unspecified atom stereocenters. The van der Waals surface area contributed by atoms with Crippen molar-refractivity contribution in [3.8, 4) is 17.2 Å². The van der Waals surface area contributed by atoms with Crippen molar-refractivity contribution in [2.45, 2.75) is 19.4 Å². The first-order valence-corrected chi connectivity index (χ1v) is 8.02. The molecule has 6 heteroatoms. The Hall–Kier alpha value is -3.15. The molecule has 1 aliphatic heterocycles. The molecule has 3 aromatic rings. The summed E-state index contributed by atoms with van der Waals surface area (Å²) in [6.07, 6.45) is 0.563. The highest BCUT2D eigenvalue weighted by molar-refractivity contribution is 5.96. The van der Waals surface area contributed by atoms with Crippen molar-refractivity contribution in [1.29, 1.82) is 0 Å². The number of hydrogen-bond acceptors (Lipinski definition) is 6. The molecule has 1 aromatic heterocycles. The van der Waals surface area contributed by atoms with Crippen molar-refractivity contribution >= 4 is 5.97 Å². The maximum Gasteiger partial charge on any atom is 0.339 e. The molecule has 1 aliphatic rings. The van der Waals surface area contributed by atoms with E-state index in [0.29, 0.717) is 22.9 Å². The lowest BCUT2D eigenvalue weighted by Gasteiger charge is -2.12. The van der Waals surface area contributed by atoms with E-state index in [0.717, 1.165) is 17.7 Å². The first-order chi connectivity index (χ1) is 12.2. The Labute approximate surface area is 144 Å². The third kappa shape index (κ3) is 3.10. The van der Waals surface area contributed by atoms with Crippen molar-refractivity contribution in [3.05, 3.63) is 65.5 Å². The minimum absolute atomic E-state index is 0.167. The maximum atomic E-state index is 12.5. The predicted molar refractivity (Wildman–Crippen MR) is 89.3 cm³/mol. The molecule has 0 aliphatic carbocycles. The van der Waals surface area contributed by atoms with Gasteiger partial charge in [0.15, 0.2) is 0 Å². The Morgan fingerprint density at radius 1 is 1.16 bits per heavy atom. The standard InChI is InChI=1S/C19H16N2O4/c1-12-20-21-18(24-12)15-7-3-4-8-16(15)19(22)23-11-14-10-13-6-2-5-9-17(13)25-14/h2-9,14H,10-11H2,1H3/t14-/m1/s1. The van der Waals surface area contributed by atoms with Crippen LogP contribution in [-0.4, -0.2) is 28.9 Å². The van der Waals surface area contributed by atoms with Crippen molar-refractivity contribution in [2.75, 3.05) is 6.61 Å². The van der Waals surface area contributed by atoms with Gasteiger partial charge in [0, 0.05) is 13.3 Å². The second-order valence-corrected chi connectivity index (χ2v) is 5.82. The minimum atomic E-state index is -0.439. The van der Waals surface area contributed by atoms with Crippen molar-refractivity contribution in [2.24, 2.45) is 0 Å². The van der Waals surface area contributed by atoms with Gasteiger partial charge >= 0.3 is 5.97 Å². The smallest absolute Gasteiger partial charge is 0.339 e. The zero-order valence-electron chi connectivity index (χ0n) is 13.6. The van der Waals surface area contributed by atoms with E-state index < -0.39 is 5.97 Å². The second kappa shape index (κ2) is 6.39. The molecule has 0 amide bonds. The summed E-state index contributed by atoms with van der Waals surface area (Å²) < 4.78 is 16.7. The van der Waals surface area contributed by atoms with Gasteiger partial charge in [-0.1, -0.05) is 30.3 Å². The number of benzene rings is 2. The summed E-state index contributed by atoms with van der Waals surface area (Å²) in [7, 11) is 0. The lowest BCUT2D eigenvalue weighted by atomic mass is 10.1. The average Bonchev–Trinajstić information content (AvgIpc) is 3.25. The minimum Gasteiger partial charge on any atom is -0.486 e. The van der Waals surface area contributed by atoms with Crippen LogP contribution >= 0.6 is 0 Å². The molecule has 0 radical (unpaired) electrons. The fourth-order valence-electron chi connectivity index (χ4n) is 2.85. The molecule has 6 nitrogen and oxygen atoms in total. The summed E-state index contributed by atoms with van der Waals surface area (Å²) in [5.41, 5.74) is 2.08. The van der Waals surface area contributed by atoms with Crippen LogP contribution in [-0.2, 0) is 11.2 Å². The van der Waals surface area contributed by atoms with Gasteiger partial charge in [0.2, 0.25) is 11.8 Å².